The number of imidazole rings is 1. The maximum atomic E-state index is 5.58. The summed E-state index contributed by atoms with van der Waals surface area (Å²) in [5.74, 6) is 0.527. The van der Waals surface area contributed by atoms with Gasteiger partial charge in [0.15, 0.2) is 0 Å². The van der Waals surface area contributed by atoms with E-state index in [1.54, 1.807) is 12.3 Å². The molecular weight excluding hydrogens is 212 g/mol. The van der Waals surface area contributed by atoms with Gasteiger partial charge >= 0.3 is 0 Å². The number of allylic oxidation sites excluding steroid dienone is 1. The molecule has 0 aliphatic rings. The van der Waals surface area contributed by atoms with E-state index < -0.39 is 0 Å². The fourth-order valence-corrected chi connectivity index (χ4v) is 1.79. The van der Waals surface area contributed by atoms with Crippen LogP contribution in [0.25, 0.3) is 11.3 Å². The summed E-state index contributed by atoms with van der Waals surface area (Å²) in [6, 6.07) is 4.09. The molecule has 88 valence electrons. The molecule has 2 rings (SSSR count). The van der Waals surface area contributed by atoms with Gasteiger partial charge in [-0.3, -0.25) is 0 Å². The summed E-state index contributed by atoms with van der Waals surface area (Å²) in [6.07, 6.45) is 8.26. The molecule has 0 amide bonds. The summed E-state index contributed by atoms with van der Waals surface area (Å²) in [4.78, 5) is 8.29. The number of pyridine rings is 1. The van der Waals surface area contributed by atoms with Gasteiger partial charge in [0, 0.05) is 17.8 Å². The lowest BCUT2D eigenvalue weighted by atomic mass is 10.2. The zero-order chi connectivity index (χ0) is 12.3. The number of hydrogen-bond donors (Lipinski definition) is 1. The van der Waals surface area contributed by atoms with Gasteiger partial charge in [0.25, 0.3) is 0 Å². The second kappa shape index (κ2) is 4.82. The normalized spacial score (nSPS) is 12.3. The molecule has 4 heteroatoms. The van der Waals surface area contributed by atoms with Crippen molar-refractivity contribution in [3.63, 3.8) is 0 Å². The molecule has 0 aliphatic heterocycles. The van der Waals surface area contributed by atoms with Crippen molar-refractivity contribution in [3.05, 3.63) is 43.5 Å². The van der Waals surface area contributed by atoms with Gasteiger partial charge in [-0.1, -0.05) is 6.08 Å². The van der Waals surface area contributed by atoms with Crippen molar-refractivity contribution in [3.8, 4) is 11.3 Å². The van der Waals surface area contributed by atoms with Crippen LogP contribution in [0.2, 0.25) is 0 Å². The molecule has 2 aromatic heterocycles. The highest BCUT2D eigenvalue weighted by Gasteiger charge is 2.10. The molecule has 1 unspecified atom stereocenters. The molecule has 2 N–H and O–H groups in total. The predicted molar refractivity (Wildman–Crippen MR) is 69.4 cm³/mol. The van der Waals surface area contributed by atoms with E-state index in [9.17, 15) is 0 Å². The largest absolute Gasteiger partial charge is 0.384 e. The Morgan fingerprint density at radius 3 is 2.94 bits per heavy atom. The fourth-order valence-electron chi connectivity index (χ4n) is 1.79. The minimum absolute atomic E-state index is 0.336. The molecule has 2 heterocycles. The Bertz CT molecular complexity index is 498. The van der Waals surface area contributed by atoms with E-state index in [1.807, 2.05) is 24.7 Å². The lowest BCUT2D eigenvalue weighted by molar-refractivity contribution is 0.559. The van der Waals surface area contributed by atoms with Gasteiger partial charge in [0.05, 0.1) is 18.2 Å². The van der Waals surface area contributed by atoms with E-state index in [0.29, 0.717) is 11.9 Å². The SMILES string of the molecule is C=CCC(C)n1cncc1-c1ccc(N)nc1. The Labute approximate surface area is 101 Å². The minimum atomic E-state index is 0.336. The van der Waals surface area contributed by atoms with Crippen LogP contribution >= 0.6 is 0 Å². The van der Waals surface area contributed by atoms with Gasteiger partial charge in [-0.05, 0) is 25.5 Å². The Balaban J connectivity index is 2.36. The first-order valence-corrected chi connectivity index (χ1v) is 5.57. The Kier molecular flexibility index (Phi) is 3.23. The van der Waals surface area contributed by atoms with Crippen molar-refractivity contribution in [1.82, 2.24) is 14.5 Å². The number of nitrogens with zero attached hydrogens (tertiary/aromatic N) is 3. The van der Waals surface area contributed by atoms with Crippen LogP contribution in [0.3, 0.4) is 0 Å². The van der Waals surface area contributed by atoms with Crippen molar-refractivity contribution in [2.75, 3.05) is 5.73 Å². The molecule has 0 spiro atoms. The van der Waals surface area contributed by atoms with Crippen molar-refractivity contribution < 1.29 is 0 Å². The highest BCUT2D eigenvalue weighted by molar-refractivity contribution is 5.59. The second-order valence-electron chi connectivity index (χ2n) is 4.03. The highest BCUT2D eigenvalue weighted by Crippen LogP contribution is 2.23. The summed E-state index contributed by atoms with van der Waals surface area (Å²) < 4.78 is 2.12. The first-order valence-electron chi connectivity index (χ1n) is 5.57. The highest BCUT2D eigenvalue weighted by atomic mass is 15.1. The van der Waals surface area contributed by atoms with Crippen LogP contribution in [0.15, 0.2) is 43.5 Å². The molecule has 0 fully saturated rings. The summed E-state index contributed by atoms with van der Waals surface area (Å²) in [5, 5.41) is 0. The van der Waals surface area contributed by atoms with E-state index in [0.717, 1.165) is 17.7 Å². The number of anilines is 1. The molecule has 0 radical (unpaired) electrons. The van der Waals surface area contributed by atoms with Crippen LogP contribution in [-0.2, 0) is 0 Å². The number of nitrogen functional groups attached to an aromatic ring is 1. The van der Waals surface area contributed by atoms with E-state index in [2.05, 4.69) is 28.0 Å². The summed E-state index contributed by atoms with van der Waals surface area (Å²) in [6.45, 7) is 5.90. The number of aromatic nitrogens is 3. The maximum absolute atomic E-state index is 5.58. The molecule has 0 aromatic carbocycles. The van der Waals surface area contributed by atoms with Crippen molar-refractivity contribution in [2.45, 2.75) is 19.4 Å². The maximum Gasteiger partial charge on any atom is 0.123 e. The van der Waals surface area contributed by atoms with Gasteiger partial charge in [0.1, 0.15) is 5.82 Å². The summed E-state index contributed by atoms with van der Waals surface area (Å²) in [5.41, 5.74) is 7.65. The van der Waals surface area contributed by atoms with Crippen molar-refractivity contribution in [1.29, 1.82) is 0 Å². The van der Waals surface area contributed by atoms with Gasteiger partial charge in [0.2, 0.25) is 0 Å². The fraction of sp³-hybridized carbons (Fsp3) is 0.231. The van der Waals surface area contributed by atoms with Crippen LogP contribution in [0.1, 0.15) is 19.4 Å². The summed E-state index contributed by atoms with van der Waals surface area (Å²) >= 11 is 0. The number of hydrogen-bond acceptors (Lipinski definition) is 3. The van der Waals surface area contributed by atoms with E-state index >= 15 is 0 Å². The molecule has 0 aliphatic carbocycles. The quantitative estimate of drug-likeness (QED) is 0.818. The van der Waals surface area contributed by atoms with Crippen molar-refractivity contribution >= 4 is 5.82 Å². The van der Waals surface area contributed by atoms with E-state index in [-0.39, 0.29) is 0 Å². The Morgan fingerprint density at radius 1 is 1.47 bits per heavy atom. The van der Waals surface area contributed by atoms with Crippen LogP contribution in [-0.4, -0.2) is 14.5 Å². The average molecular weight is 228 g/mol. The molecule has 1 atom stereocenters. The number of rotatable bonds is 4. The topological polar surface area (TPSA) is 56.7 Å². The molecule has 0 saturated heterocycles. The smallest absolute Gasteiger partial charge is 0.123 e. The van der Waals surface area contributed by atoms with Crippen LogP contribution < -0.4 is 5.73 Å². The molecular formula is C13H16N4. The molecule has 2 aromatic rings. The third-order valence-corrected chi connectivity index (χ3v) is 2.73. The van der Waals surface area contributed by atoms with E-state index in [1.165, 1.54) is 0 Å². The minimum Gasteiger partial charge on any atom is -0.384 e. The molecule has 4 nitrogen and oxygen atoms in total. The van der Waals surface area contributed by atoms with Crippen LogP contribution in [0, 0.1) is 0 Å². The number of nitrogens with two attached hydrogens (primary N) is 1. The predicted octanol–water partition coefficient (Wildman–Crippen LogP) is 2.66. The van der Waals surface area contributed by atoms with E-state index in [4.69, 9.17) is 5.73 Å². The van der Waals surface area contributed by atoms with Crippen LogP contribution in [0.4, 0.5) is 5.82 Å². The van der Waals surface area contributed by atoms with Gasteiger partial charge in [-0.15, -0.1) is 6.58 Å². The molecule has 0 bridgehead atoms. The summed E-state index contributed by atoms with van der Waals surface area (Å²) in [7, 11) is 0. The molecule has 17 heavy (non-hydrogen) atoms. The second-order valence-corrected chi connectivity index (χ2v) is 4.03. The zero-order valence-corrected chi connectivity index (χ0v) is 9.87. The van der Waals surface area contributed by atoms with Gasteiger partial charge < -0.3 is 10.3 Å². The lowest BCUT2D eigenvalue weighted by Crippen LogP contribution is -2.04. The third kappa shape index (κ3) is 2.36. The average Bonchev–Trinajstić information content (AvgIpc) is 2.79. The zero-order valence-electron chi connectivity index (χ0n) is 9.87. The lowest BCUT2D eigenvalue weighted by Gasteiger charge is -2.14. The first-order chi connectivity index (χ1) is 8.22. The van der Waals surface area contributed by atoms with Crippen molar-refractivity contribution in [2.24, 2.45) is 0 Å². The third-order valence-electron chi connectivity index (χ3n) is 2.73. The molecule has 0 saturated carbocycles. The monoisotopic (exact) mass is 228 g/mol. The standard InChI is InChI=1S/C13H16N4/c1-3-4-10(2)17-9-15-8-12(17)11-5-6-13(14)16-7-11/h3,5-10H,1,4H2,2H3,(H2,14,16). The van der Waals surface area contributed by atoms with Crippen LogP contribution in [0.5, 0.6) is 0 Å². The van der Waals surface area contributed by atoms with Gasteiger partial charge in [-0.2, -0.15) is 0 Å². The van der Waals surface area contributed by atoms with Gasteiger partial charge in [-0.25, -0.2) is 9.97 Å². The Hall–Kier alpha value is -2.10. The first kappa shape index (κ1) is 11.4. The Morgan fingerprint density at radius 2 is 2.29 bits per heavy atom.